The molecule has 2 unspecified atom stereocenters. The highest BCUT2D eigenvalue weighted by molar-refractivity contribution is 5.94. The number of carboxylic acids is 1. The first kappa shape index (κ1) is 26.9. The zero-order valence-electron chi connectivity index (χ0n) is 20.3. The monoisotopic (exact) mass is 471 g/mol. The van der Waals surface area contributed by atoms with Gasteiger partial charge in [-0.1, -0.05) is 50.2 Å². The predicted octanol–water partition coefficient (Wildman–Crippen LogP) is 4.06. The van der Waals surface area contributed by atoms with E-state index in [1.807, 2.05) is 36.4 Å². The standard InChI is InChI=1S/C24H29NO5.C2H4O2/c1-15(2)25-20-12-10-18-19(23(20)30-16(3)26)11-13-21(22(18)24(27)28-4)29-14-17-8-6-5-7-9-17;1-2(3)4/h5-9,11,13,15,20,23,25H,10,12,14H2,1-4H3;1H3,(H,3,4). The number of carboxylic acid groups (broad SMARTS) is 1. The fourth-order valence-corrected chi connectivity index (χ4v) is 3.95. The summed E-state index contributed by atoms with van der Waals surface area (Å²) in [5.41, 5.74) is 3.05. The van der Waals surface area contributed by atoms with Gasteiger partial charge < -0.3 is 24.6 Å². The Kier molecular flexibility index (Phi) is 10.1. The van der Waals surface area contributed by atoms with Gasteiger partial charge in [0.15, 0.2) is 0 Å². The zero-order chi connectivity index (χ0) is 25.3. The van der Waals surface area contributed by atoms with Crippen molar-refractivity contribution in [1.29, 1.82) is 0 Å². The van der Waals surface area contributed by atoms with Crippen LogP contribution in [0.4, 0.5) is 0 Å². The second-order valence-electron chi connectivity index (χ2n) is 8.29. The highest BCUT2D eigenvalue weighted by Gasteiger charge is 2.36. The predicted molar refractivity (Wildman–Crippen MR) is 127 cm³/mol. The number of fused-ring (bicyclic) bond motifs is 1. The Morgan fingerprint density at radius 2 is 1.74 bits per heavy atom. The smallest absolute Gasteiger partial charge is 0.341 e. The number of hydrogen-bond acceptors (Lipinski definition) is 7. The summed E-state index contributed by atoms with van der Waals surface area (Å²) < 4.78 is 16.7. The molecule has 3 rings (SSSR count). The number of carbonyl (C=O) groups excluding carboxylic acids is 2. The molecule has 0 saturated carbocycles. The average molecular weight is 472 g/mol. The normalized spacial score (nSPS) is 16.5. The van der Waals surface area contributed by atoms with E-state index in [1.165, 1.54) is 14.0 Å². The van der Waals surface area contributed by atoms with Crippen molar-refractivity contribution in [1.82, 2.24) is 5.32 Å². The molecule has 2 atom stereocenters. The maximum atomic E-state index is 12.7. The molecule has 184 valence electrons. The molecule has 0 fully saturated rings. The number of nitrogens with one attached hydrogen (secondary N) is 1. The van der Waals surface area contributed by atoms with Gasteiger partial charge in [0.1, 0.15) is 24.0 Å². The van der Waals surface area contributed by atoms with Crippen LogP contribution in [0, 0.1) is 0 Å². The molecule has 8 nitrogen and oxygen atoms in total. The van der Waals surface area contributed by atoms with Crippen LogP contribution in [0.5, 0.6) is 5.75 Å². The maximum absolute atomic E-state index is 12.7. The van der Waals surface area contributed by atoms with Gasteiger partial charge in [0, 0.05) is 25.9 Å². The van der Waals surface area contributed by atoms with Crippen molar-refractivity contribution in [2.45, 2.75) is 65.3 Å². The maximum Gasteiger partial charge on any atom is 0.341 e. The van der Waals surface area contributed by atoms with Gasteiger partial charge in [-0.25, -0.2) is 4.79 Å². The lowest BCUT2D eigenvalue weighted by atomic mass is 9.82. The van der Waals surface area contributed by atoms with E-state index < -0.39 is 18.0 Å². The SMILES string of the molecule is CC(=O)O.COC(=O)c1c(OCc2ccccc2)ccc2c1CCC(NC(C)C)C2OC(C)=O. The van der Waals surface area contributed by atoms with E-state index in [0.29, 0.717) is 24.3 Å². The van der Waals surface area contributed by atoms with Gasteiger partial charge in [0.05, 0.1) is 7.11 Å². The molecule has 0 aromatic heterocycles. The molecule has 0 aliphatic heterocycles. The molecule has 1 aliphatic rings. The third kappa shape index (κ3) is 7.59. The Morgan fingerprint density at radius 1 is 1.09 bits per heavy atom. The van der Waals surface area contributed by atoms with E-state index in [-0.39, 0.29) is 18.1 Å². The minimum Gasteiger partial charge on any atom is -0.488 e. The molecule has 2 aromatic rings. The van der Waals surface area contributed by atoms with Gasteiger partial charge in [0.25, 0.3) is 5.97 Å². The molecule has 1 aliphatic carbocycles. The van der Waals surface area contributed by atoms with Crippen molar-refractivity contribution in [2.24, 2.45) is 0 Å². The topological polar surface area (TPSA) is 111 Å². The molecule has 0 heterocycles. The first-order valence-electron chi connectivity index (χ1n) is 11.2. The van der Waals surface area contributed by atoms with E-state index in [9.17, 15) is 9.59 Å². The van der Waals surface area contributed by atoms with E-state index in [1.54, 1.807) is 6.07 Å². The van der Waals surface area contributed by atoms with Crippen molar-refractivity contribution >= 4 is 17.9 Å². The molecular weight excluding hydrogens is 438 g/mol. The Balaban J connectivity index is 0.000000945. The van der Waals surface area contributed by atoms with Crippen LogP contribution >= 0.6 is 0 Å². The summed E-state index contributed by atoms with van der Waals surface area (Å²) in [5, 5.41) is 10.9. The number of hydrogen-bond donors (Lipinski definition) is 2. The van der Waals surface area contributed by atoms with Crippen LogP contribution in [0.2, 0.25) is 0 Å². The average Bonchev–Trinajstić information content (AvgIpc) is 2.78. The summed E-state index contributed by atoms with van der Waals surface area (Å²) in [5.74, 6) is -1.17. The van der Waals surface area contributed by atoms with Crippen molar-refractivity contribution in [2.75, 3.05) is 7.11 Å². The van der Waals surface area contributed by atoms with Crippen LogP contribution in [0.1, 0.15) is 67.3 Å². The molecule has 0 saturated heterocycles. The third-order valence-electron chi connectivity index (χ3n) is 5.16. The number of methoxy groups -OCH3 is 1. The molecule has 0 spiro atoms. The molecule has 34 heavy (non-hydrogen) atoms. The molecule has 0 amide bonds. The Hall–Kier alpha value is -3.39. The highest BCUT2D eigenvalue weighted by Crippen LogP contribution is 2.39. The van der Waals surface area contributed by atoms with Crippen molar-refractivity contribution in [3.63, 3.8) is 0 Å². The van der Waals surface area contributed by atoms with Gasteiger partial charge >= 0.3 is 11.9 Å². The molecule has 2 N–H and O–H groups in total. The highest BCUT2D eigenvalue weighted by atomic mass is 16.5. The summed E-state index contributed by atoms with van der Waals surface area (Å²) >= 11 is 0. The van der Waals surface area contributed by atoms with E-state index in [2.05, 4.69) is 19.2 Å². The van der Waals surface area contributed by atoms with Gasteiger partial charge in [-0.05, 0) is 35.6 Å². The largest absolute Gasteiger partial charge is 0.488 e. The quantitative estimate of drug-likeness (QED) is 0.582. The summed E-state index contributed by atoms with van der Waals surface area (Å²) in [4.78, 5) is 33.5. The third-order valence-corrected chi connectivity index (χ3v) is 5.16. The Labute approximate surface area is 200 Å². The van der Waals surface area contributed by atoms with Crippen LogP contribution in [-0.4, -0.2) is 42.2 Å². The summed E-state index contributed by atoms with van der Waals surface area (Å²) in [6, 6.07) is 13.6. The van der Waals surface area contributed by atoms with Gasteiger partial charge in [-0.15, -0.1) is 0 Å². The molecule has 2 aromatic carbocycles. The van der Waals surface area contributed by atoms with Gasteiger partial charge in [-0.3, -0.25) is 9.59 Å². The number of esters is 2. The molecule has 0 bridgehead atoms. The van der Waals surface area contributed by atoms with Crippen LogP contribution in [0.3, 0.4) is 0 Å². The zero-order valence-corrected chi connectivity index (χ0v) is 20.3. The molecular formula is C26H33NO7. The van der Waals surface area contributed by atoms with Crippen molar-refractivity contribution < 1.29 is 33.7 Å². The fraction of sp³-hybridized carbons (Fsp3) is 0.423. The lowest BCUT2D eigenvalue weighted by molar-refractivity contribution is -0.149. The summed E-state index contributed by atoms with van der Waals surface area (Å²) in [7, 11) is 1.36. The molecule has 8 heteroatoms. The van der Waals surface area contributed by atoms with Crippen LogP contribution in [0.25, 0.3) is 0 Å². The first-order chi connectivity index (χ1) is 16.1. The second-order valence-corrected chi connectivity index (χ2v) is 8.29. The number of aliphatic carboxylic acids is 1. The lowest BCUT2D eigenvalue weighted by Crippen LogP contribution is -2.43. The van der Waals surface area contributed by atoms with Crippen LogP contribution in [0.15, 0.2) is 42.5 Å². The minimum atomic E-state index is -0.833. The minimum absolute atomic E-state index is 0.0250. The van der Waals surface area contributed by atoms with Gasteiger partial charge in [0.2, 0.25) is 0 Å². The van der Waals surface area contributed by atoms with E-state index >= 15 is 0 Å². The van der Waals surface area contributed by atoms with Gasteiger partial charge in [-0.2, -0.15) is 0 Å². The fourth-order valence-electron chi connectivity index (χ4n) is 3.95. The van der Waals surface area contributed by atoms with Crippen LogP contribution < -0.4 is 10.1 Å². The second kappa shape index (κ2) is 12.7. The van der Waals surface area contributed by atoms with Crippen molar-refractivity contribution in [3.8, 4) is 5.75 Å². The Bertz CT molecular complexity index is 984. The first-order valence-corrected chi connectivity index (χ1v) is 11.2. The Morgan fingerprint density at radius 3 is 2.29 bits per heavy atom. The number of carbonyl (C=O) groups is 3. The lowest BCUT2D eigenvalue weighted by Gasteiger charge is -2.35. The number of ether oxygens (including phenoxy) is 3. The number of benzene rings is 2. The molecule has 0 radical (unpaired) electrons. The summed E-state index contributed by atoms with van der Waals surface area (Å²) in [6.45, 7) is 6.94. The van der Waals surface area contributed by atoms with Crippen molar-refractivity contribution in [3.05, 3.63) is 64.7 Å². The number of rotatable bonds is 7. The summed E-state index contributed by atoms with van der Waals surface area (Å²) in [6.07, 6.45) is 0.917. The van der Waals surface area contributed by atoms with Crippen LogP contribution in [-0.2, 0) is 32.1 Å². The van der Waals surface area contributed by atoms with E-state index in [0.717, 1.165) is 30.0 Å². The van der Waals surface area contributed by atoms with E-state index in [4.69, 9.17) is 24.1 Å².